The molecule has 58 valence electrons. The molecule has 1 N–H and O–H groups in total. The molecule has 1 rings (SSSR count). The zero-order chi connectivity index (χ0) is 8.27. The number of carbonyl (C=O) groups excluding carboxylic acids is 1. The molecule has 11 heavy (non-hydrogen) atoms. The van der Waals surface area contributed by atoms with Crippen molar-refractivity contribution in [3.8, 4) is 0 Å². The minimum Gasteiger partial charge on any atom is -0.325 e. The summed E-state index contributed by atoms with van der Waals surface area (Å²) in [6.45, 7) is 0. The lowest BCUT2D eigenvalue weighted by molar-refractivity contribution is 0.112. The third kappa shape index (κ3) is 1.78. The number of aldehydes is 1. The van der Waals surface area contributed by atoms with Crippen molar-refractivity contribution < 1.29 is 13.7 Å². The molecule has 0 spiro atoms. The number of hydrogen-bond donors (Lipinski definition) is 1. The Balaban J connectivity index is 3.16. The number of hydrogen-bond acceptors (Lipinski definition) is 3. The first-order valence-corrected chi connectivity index (χ1v) is 3.61. The van der Waals surface area contributed by atoms with Gasteiger partial charge in [-0.1, -0.05) is 0 Å². The lowest BCUT2D eigenvalue weighted by Crippen LogP contribution is -1.85. The van der Waals surface area contributed by atoms with Gasteiger partial charge in [0, 0.05) is 22.5 Å². The molecule has 2 nitrogen and oxygen atoms in total. The summed E-state index contributed by atoms with van der Waals surface area (Å²) < 4.78 is 21.0. The van der Waals surface area contributed by atoms with Gasteiger partial charge in [-0.3, -0.25) is 4.79 Å². The Morgan fingerprint density at radius 1 is 1.55 bits per heavy atom. The summed E-state index contributed by atoms with van der Waals surface area (Å²) in [4.78, 5) is 10.5. The second-order valence-corrected chi connectivity index (χ2v) is 2.51. The van der Waals surface area contributed by atoms with E-state index in [0.717, 1.165) is 6.07 Å². The van der Waals surface area contributed by atoms with Gasteiger partial charge in [0.05, 0.1) is 0 Å². The number of benzene rings is 1. The molecule has 0 aliphatic rings. The fraction of sp³-hybridized carbons (Fsp3) is 0. The Morgan fingerprint density at radius 3 is 2.82 bits per heavy atom. The van der Waals surface area contributed by atoms with E-state index in [2.05, 4.69) is 0 Å². The van der Waals surface area contributed by atoms with Crippen LogP contribution in [0.5, 0.6) is 0 Å². The van der Waals surface area contributed by atoms with Gasteiger partial charge in [-0.2, -0.15) is 0 Å². The van der Waals surface area contributed by atoms with Crippen LogP contribution in [0.1, 0.15) is 10.4 Å². The second-order valence-electron chi connectivity index (χ2n) is 1.89. The standard InChI is InChI=1S/C7H5FO2S/c8-6-2-1-5(4-9)7(3-6)11-10/h1-4,10H. The zero-order valence-electron chi connectivity index (χ0n) is 5.45. The molecule has 0 heterocycles. The first-order chi connectivity index (χ1) is 5.27. The van der Waals surface area contributed by atoms with Crippen LogP contribution >= 0.6 is 12.0 Å². The molecule has 1 aromatic carbocycles. The smallest absolute Gasteiger partial charge is 0.151 e. The average molecular weight is 172 g/mol. The van der Waals surface area contributed by atoms with Crippen LogP contribution in [0.25, 0.3) is 0 Å². The number of rotatable bonds is 2. The fourth-order valence-corrected chi connectivity index (χ4v) is 1.07. The number of halogens is 1. The highest BCUT2D eigenvalue weighted by atomic mass is 32.2. The van der Waals surface area contributed by atoms with Crippen molar-refractivity contribution in [1.29, 1.82) is 0 Å². The topological polar surface area (TPSA) is 37.3 Å². The van der Waals surface area contributed by atoms with Crippen molar-refractivity contribution in [3.05, 3.63) is 29.6 Å². The lowest BCUT2D eigenvalue weighted by atomic mass is 10.2. The third-order valence-electron chi connectivity index (χ3n) is 1.20. The van der Waals surface area contributed by atoms with Gasteiger partial charge in [0.1, 0.15) is 5.82 Å². The van der Waals surface area contributed by atoms with Crippen molar-refractivity contribution in [2.75, 3.05) is 0 Å². The van der Waals surface area contributed by atoms with Crippen LogP contribution in [0, 0.1) is 5.82 Å². The van der Waals surface area contributed by atoms with Crippen molar-refractivity contribution >= 4 is 18.3 Å². The summed E-state index contributed by atoms with van der Waals surface area (Å²) in [5.41, 5.74) is 0.291. The molecule has 0 saturated carbocycles. The first-order valence-electron chi connectivity index (χ1n) is 2.84. The lowest BCUT2D eigenvalue weighted by Gasteiger charge is -1.97. The molecule has 0 radical (unpaired) electrons. The van der Waals surface area contributed by atoms with Gasteiger partial charge < -0.3 is 4.55 Å². The monoisotopic (exact) mass is 172 g/mol. The zero-order valence-corrected chi connectivity index (χ0v) is 6.27. The highest BCUT2D eigenvalue weighted by molar-refractivity contribution is 7.93. The second kappa shape index (κ2) is 3.50. The summed E-state index contributed by atoms with van der Waals surface area (Å²) in [5.74, 6) is -0.466. The van der Waals surface area contributed by atoms with Crippen molar-refractivity contribution in [3.63, 3.8) is 0 Å². The molecular formula is C7H5FO2S. The van der Waals surface area contributed by atoms with E-state index in [9.17, 15) is 9.18 Å². The molecule has 0 amide bonds. The third-order valence-corrected chi connectivity index (χ3v) is 1.75. The molecule has 0 unspecified atom stereocenters. The molecule has 0 atom stereocenters. The van der Waals surface area contributed by atoms with E-state index in [1.807, 2.05) is 0 Å². The van der Waals surface area contributed by atoms with Gasteiger partial charge in [0.25, 0.3) is 0 Å². The molecule has 1 aromatic rings. The SMILES string of the molecule is O=Cc1ccc(F)cc1SO. The maximum absolute atomic E-state index is 12.4. The Labute approximate surface area is 67.2 Å². The van der Waals surface area contributed by atoms with E-state index < -0.39 is 5.82 Å². The summed E-state index contributed by atoms with van der Waals surface area (Å²) in [6, 6.07) is 3.60. The Hall–Kier alpha value is -0.870. The maximum atomic E-state index is 12.4. The highest BCUT2D eigenvalue weighted by Crippen LogP contribution is 2.19. The normalized spacial score (nSPS) is 9.64. The van der Waals surface area contributed by atoms with Crippen molar-refractivity contribution in [1.82, 2.24) is 0 Å². The maximum Gasteiger partial charge on any atom is 0.151 e. The van der Waals surface area contributed by atoms with E-state index >= 15 is 0 Å². The van der Waals surface area contributed by atoms with Gasteiger partial charge in [-0.05, 0) is 18.2 Å². The summed E-state index contributed by atoms with van der Waals surface area (Å²) in [7, 11) is 0. The minimum absolute atomic E-state index is 0.236. The Bertz CT molecular complexity index is 275. The first kappa shape index (κ1) is 8.23. The summed E-state index contributed by atoms with van der Waals surface area (Å²) in [6.07, 6.45) is 0.567. The van der Waals surface area contributed by atoms with Crippen LogP contribution in [0.2, 0.25) is 0 Å². The Morgan fingerprint density at radius 2 is 2.27 bits per heavy atom. The Kier molecular flexibility index (Phi) is 2.62. The van der Waals surface area contributed by atoms with Gasteiger partial charge in [-0.25, -0.2) is 4.39 Å². The predicted molar refractivity (Wildman–Crippen MR) is 40.3 cm³/mol. The van der Waals surface area contributed by atoms with Crippen LogP contribution < -0.4 is 0 Å². The molecule has 0 saturated heterocycles. The van der Waals surface area contributed by atoms with Gasteiger partial charge in [0.2, 0.25) is 0 Å². The minimum atomic E-state index is -0.466. The average Bonchev–Trinajstić information content (AvgIpc) is 2.04. The van der Waals surface area contributed by atoms with Crippen molar-refractivity contribution in [2.24, 2.45) is 0 Å². The molecular weight excluding hydrogens is 167 g/mol. The summed E-state index contributed by atoms with van der Waals surface area (Å²) >= 11 is 0.363. The van der Waals surface area contributed by atoms with Crippen molar-refractivity contribution in [2.45, 2.75) is 4.90 Å². The van der Waals surface area contributed by atoms with E-state index in [0.29, 0.717) is 23.9 Å². The van der Waals surface area contributed by atoms with Crippen LogP contribution in [-0.4, -0.2) is 10.8 Å². The largest absolute Gasteiger partial charge is 0.325 e. The fourth-order valence-electron chi connectivity index (χ4n) is 0.685. The molecule has 0 fully saturated rings. The van der Waals surface area contributed by atoms with Crippen LogP contribution in [0.3, 0.4) is 0 Å². The predicted octanol–water partition coefficient (Wildman–Crippen LogP) is 2.20. The van der Waals surface area contributed by atoms with Crippen LogP contribution in [-0.2, 0) is 0 Å². The van der Waals surface area contributed by atoms with Gasteiger partial charge in [-0.15, -0.1) is 0 Å². The van der Waals surface area contributed by atoms with E-state index in [4.69, 9.17) is 4.55 Å². The van der Waals surface area contributed by atoms with Crippen LogP contribution in [0.15, 0.2) is 23.1 Å². The highest BCUT2D eigenvalue weighted by Gasteiger charge is 2.01. The van der Waals surface area contributed by atoms with Gasteiger partial charge in [0.15, 0.2) is 6.29 Å². The van der Waals surface area contributed by atoms with E-state index in [1.54, 1.807) is 0 Å². The molecule has 4 heteroatoms. The quantitative estimate of drug-likeness (QED) is 0.549. The van der Waals surface area contributed by atoms with E-state index in [-0.39, 0.29) is 4.90 Å². The summed E-state index contributed by atoms with van der Waals surface area (Å²) in [5, 5.41) is 0. The molecule has 0 bridgehead atoms. The molecule has 0 aliphatic heterocycles. The van der Waals surface area contributed by atoms with E-state index in [1.165, 1.54) is 12.1 Å². The van der Waals surface area contributed by atoms with Crippen LogP contribution in [0.4, 0.5) is 4.39 Å². The molecule has 0 aromatic heterocycles. The number of carbonyl (C=O) groups is 1. The van der Waals surface area contributed by atoms with Gasteiger partial charge >= 0.3 is 0 Å². The molecule has 0 aliphatic carbocycles.